The quantitative estimate of drug-likeness (QED) is 0.395. The maximum Gasteiger partial charge on any atom is 0.412 e. The summed E-state index contributed by atoms with van der Waals surface area (Å²) in [5.74, 6) is 0.0713. The van der Waals surface area contributed by atoms with Gasteiger partial charge in [-0.05, 0) is 79.0 Å². The number of hydrogen-bond acceptors (Lipinski definition) is 13. The summed E-state index contributed by atoms with van der Waals surface area (Å²) in [6.45, 7) is 13.6. The standard InChI is InChI=1S/C40H47F2N9O5S/c1-39(2,3)55-37(52)47-35-23(11-43)28-31(44-12-26(41)33(28)57-35)27-24-17-54-18-25(24)29-32(30(27)42)45-36(51-21-10-22(51)14-48(7)13-21)46-34(29)50-19-8-9-20(50)16-49(15-19)38(53)56-40(4,5)6/h12,19-22,32H,8-10,13-18H2,1-7H3,(H,45,46)(H,47,52). The van der Waals surface area contributed by atoms with Crippen LogP contribution in [0.15, 0.2) is 39.6 Å². The average molecular weight is 804 g/mol. The first-order chi connectivity index (χ1) is 27.0. The zero-order valence-corrected chi connectivity index (χ0v) is 34.0. The van der Waals surface area contributed by atoms with Gasteiger partial charge in [-0.15, -0.1) is 11.3 Å². The summed E-state index contributed by atoms with van der Waals surface area (Å²) in [4.78, 5) is 44.4. The van der Waals surface area contributed by atoms with E-state index in [2.05, 4.69) is 43.4 Å². The molecule has 5 unspecified atom stereocenters. The summed E-state index contributed by atoms with van der Waals surface area (Å²) >= 11 is 0.870. The minimum absolute atomic E-state index is 0.0438. The van der Waals surface area contributed by atoms with Gasteiger partial charge in [0.05, 0.1) is 35.4 Å². The number of thiophene rings is 1. The zero-order valence-electron chi connectivity index (χ0n) is 33.2. The molecule has 10 rings (SSSR count). The van der Waals surface area contributed by atoms with E-state index in [4.69, 9.17) is 19.2 Å². The number of amides is 2. The largest absolute Gasteiger partial charge is 0.444 e. The number of halogens is 2. The van der Waals surface area contributed by atoms with E-state index in [0.717, 1.165) is 61.3 Å². The number of piperazine rings is 2. The number of guanidine groups is 1. The molecule has 5 atom stereocenters. The van der Waals surface area contributed by atoms with Crippen LogP contribution in [0.25, 0.3) is 15.7 Å². The Bertz CT molecular complexity index is 2240. The molecule has 5 fully saturated rings. The van der Waals surface area contributed by atoms with Crippen LogP contribution < -0.4 is 10.6 Å². The number of nitriles is 1. The molecule has 14 nitrogen and oxygen atoms in total. The van der Waals surface area contributed by atoms with Crippen molar-refractivity contribution >= 4 is 50.1 Å². The third kappa shape index (κ3) is 6.40. The van der Waals surface area contributed by atoms with Gasteiger partial charge in [0, 0.05) is 66.9 Å². The number of carbonyl (C=O) groups excluding carboxylic acids is 2. The summed E-state index contributed by atoms with van der Waals surface area (Å²) in [7, 11) is 2.10. The number of likely N-dealkylation sites (N-methyl/N-ethyl adjacent to an activating group) is 1. The second kappa shape index (κ2) is 13.4. The number of fused-ring (bicyclic) bond motifs is 7. The lowest BCUT2D eigenvalue weighted by Crippen LogP contribution is -2.72. The van der Waals surface area contributed by atoms with Crippen molar-refractivity contribution in [2.75, 3.05) is 51.8 Å². The number of nitrogens with zero attached hydrogens (tertiary/aromatic N) is 7. The van der Waals surface area contributed by atoms with E-state index in [1.807, 2.05) is 20.8 Å². The first kappa shape index (κ1) is 37.8. The van der Waals surface area contributed by atoms with Crippen molar-refractivity contribution in [2.45, 2.75) is 102 Å². The van der Waals surface area contributed by atoms with Gasteiger partial charge in [-0.2, -0.15) is 5.26 Å². The number of pyridine rings is 1. The molecule has 5 saturated heterocycles. The summed E-state index contributed by atoms with van der Waals surface area (Å²) in [6, 6.07) is 1.35. The van der Waals surface area contributed by atoms with Crippen LogP contribution in [0.1, 0.15) is 72.1 Å². The summed E-state index contributed by atoms with van der Waals surface area (Å²) in [6.07, 6.45) is 2.58. The topological polar surface area (TPSA) is 148 Å². The molecule has 17 heteroatoms. The molecular formula is C40H47F2N9O5S. The van der Waals surface area contributed by atoms with E-state index in [0.29, 0.717) is 30.2 Å². The van der Waals surface area contributed by atoms with Crippen molar-refractivity contribution in [1.29, 1.82) is 5.26 Å². The van der Waals surface area contributed by atoms with Crippen LogP contribution in [0.4, 0.5) is 23.4 Å². The second-order valence-corrected chi connectivity index (χ2v) is 19.0. The Hall–Kier alpha value is -4.79. The highest BCUT2D eigenvalue weighted by Gasteiger charge is 2.52. The summed E-state index contributed by atoms with van der Waals surface area (Å²) < 4.78 is 50.9. The second-order valence-electron chi connectivity index (χ2n) is 18.0. The lowest BCUT2D eigenvalue weighted by Gasteiger charge is -2.58. The van der Waals surface area contributed by atoms with Crippen LogP contribution in [-0.4, -0.2) is 131 Å². The fraction of sp³-hybridized carbons (Fsp3) is 0.575. The molecule has 0 aromatic carbocycles. The van der Waals surface area contributed by atoms with Crippen LogP contribution in [-0.2, 0) is 14.2 Å². The third-order valence-electron chi connectivity index (χ3n) is 11.6. The predicted molar refractivity (Wildman–Crippen MR) is 209 cm³/mol. The van der Waals surface area contributed by atoms with E-state index in [1.165, 1.54) is 0 Å². The van der Waals surface area contributed by atoms with Crippen LogP contribution in [0.3, 0.4) is 0 Å². The molecule has 2 N–H and O–H groups in total. The monoisotopic (exact) mass is 803 g/mol. The van der Waals surface area contributed by atoms with Gasteiger partial charge < -0.3 is 39.1 Å². The maximum absolute atomic E-state index is 18.0. The van der Waals surface area contributed by atoms with Crippen molar-refractivity contribution in [3.8, 4) is 6.07 Å². The maximum atomic E-state index is 18.0. The van der Waals surface area contributed by atoms with Gasteiger partial charge in [0.2, 0.25) is 5.96 Å². The smallest absolute Gasteiger partial charge is 0.412 e. The molecule has 0 radical (unpaired) electrons. The number of aliphatic imine (C=N–C) groups is 1. The van der Waals surface area contributed by atoms with Crippen LogP contribution in [0.2, 0.25) is 0 Å². The van der Waals surface area contributed by atoms with Gasteiger partial charge in [0.1, 0.15) is 40.0 Å². The Morgan fingerprint density at radius 2 is 1.65 bits per heavy atom. The van der Waals surface area contributed by atoms with Crippen molar-refractivity contribution in [1.82, 2.24) is 29.9 Å². The summed E-state index contributed by atoms with van der Waals surface area (Å²) in [5, 5.41) is 17.0. The van der Waals surface area contributed by atoms with Crippen LogP contribution in [0.5, 0.6) is 0 Å². The highest BCUT2D eigenvalue weighted by Crippen LogP contribution is 2.51. The first-order valence-electron chi connectivity index (χ1n) is 19.5. The molecule has 2 aromatic heterocycles. The van der Waals surface area contributed by atoms with E-state index in [9.17, 15) is 14.9 Å². The lowest BCUT2D eigenvalue weighted by molar-refractivity contribution is -0.0108. The average Bonchev–Trinajstić information content (AvgIpc) is 3.81. The number of hydrogen-bond donors (Lipinski definition) is 2. The molecule has 7 aliphatic heterocycles. The lowest BCUT2D eigenvalue weighted by atomic mass is 9.81. The minimum atomic E-state index is -1.08. The van der Waals surface area contributed by atoms with Crippen molar-refractivity contribution in [3.63, 3.8) is 0 Å². The number of piperidine rings is 1. The third-order valence-corrected chi connectivity index (χ3v) is 12.7. The molecule has 57 heavy (non-hydrogen) atoms. The van der Waals surface area contributed by atoms with Gasteiger partial charge in [0.15, 0.2) is 5.82 Å². The van der Waals surface area contributed by atoms with Gasteiger partial charge in [0.25, 0.3) is 0 Å². The van der Waals surface area contributed by atoms with Gasteiger partial charge in [-0.3, -0.25) is 10.3 Å². The number of nitrogens with one attached hydrogen (secondary N) is 2. The van der Waals surface area contributed by atoms with Crippen molar-refractivity contribution in [2.24, 2.45) is 4.99 Å². The van der Waals surface area contributed by atoms with E-state index in [-0.39, 0.29) is 75.4 Å². The molecule has 2 aromatic rings. The molecule has 1 aliphatic carbocycles. The van der Waals surface area contributed by atoms with E-state index in [1.54, 1.807) is 25.7 Å². The Kier molecular flexibility index (Phi) is 8.87. The Labute approximate surface area is 333 Å². The normalized spacial score (nSPS) is 27.2. The molecule has 0 saturated carbocycles. The molecule has 302 valence electrons. The number of rotatable bonds is 3. The molecule has 4 bridgehead atoms. The highest BCUT2D eigenvalue weighted by atomic mass is 32.1. The van der Waals surface area contributed by atoms with Crippen molar-refractivity contribution < 1.29 is 32.6 Å². The Morgan fingerprint density at radius 1 is 0.982 bits per heavy atom. The zero-order chi connectivity index (χ0) is 40.3. The fourth-order valence-corrected chi connectivity index (χ4v) is 10.6. The Balaban J connectivity index is 1.17. The number of anilines is 1. The molecule has 2 amide bonds. The SMILES string of the molecule is CN1CC2CC(C1)N2C1=NC2C(F)=C(c3ncc(F)c4sc(NC(=O)OC(C)(C)C)c(C#N)c34)C3=C(COC3)C2=C(N2C3CCC2CN(C(=O)OC(C)(C)C)C3)N1. The Morgan fingerprint density at radius 3 is 2.30 bits per heavy atom. The van der Waals surface area contributed by atoms with Gasteiger partial charge in [-0.25, -0.2) is 23.4 Å². The van der Waals surface area contributed by atoms with Gasteiger partial charge in [-0.1, -0.05) is 0 Å². The van der Waals surface area contributed by atoms with Gasteiger partial charge >= 0.3 is 12.2 Å². The number of aromatic nitrogens is 1. The summed E-state index contributed by atoms with van der Waals surface area (Å²) in [5.41, 5.74) is 0.697. The van der Waals surface area contributed by atoms with Crippen LogP contribution >= 0.6 is 11.3 Å². The van der Waals surface area contributed by atoms with Crippen molar-refractivity contribution in [3.05, 3.63) is 51.6 Å². The molecule has 0 spiro atoms. The van der Waals surface area contributed by atoms with Crippen LogP contribution in [0, 0.1) is 17.1 Å². The van der Waals surface area contributed by atoms with E-state index >= 15 is 8.78 Å². The number of carbonyl (C=O) groups is 2. The molecular weight excluding hydrogens is 757 g/mol. The molecule has 9 heterocycles. The first-order valence-corrected chi connectivity index (χ1v) is 20.3. The highest BCUT2D eigenvalue weighted by molar-refractivity contribution is 7.23. The molecule has 8 aliphatic rings. The number of ether oxygens (including phenoxy) is 3. The fourth-order valence-electron chi connectivity index (χ4n) is 9.54. The minimum Gasteiger partial charge on any atom is -0.444 e. The number of likely N-dealkylation sites (tertiary alicyclic amines) is 1. The predicted octanol–water partition coefficient (Wildman–Crippen LogP) is 5.69. The van der Waals surface area contributed by atoms with E-state index < -0.39 is 35.0 Å².